The first-order valence-corrected chi connectivity index (χ1v) is 9.27. The first-order chi connectivity index (χ1) is 12.9. The lowest BCUT2D eigenvalue weighted by Gasteiger charge is -2.23. The molecule has 6 nitrogen and oxygen atoms in total. The fourth-order valence-corrected chi connectivity index (χ4v) is 4.51. The van der Waals surface area contributed by atoms with Crippen LogP contribution in [0, 0.1) is 23.7 Å². The first-order valence-electron chi connectivity index (χ1n) is 8.89. The second kappa shape index (κ2) is 6.60. The van der Waals surface area contributed by atoms with Crippen molar-refractivity contribution >= 4 is 35.2 Å². The van der Waals surface area contributed by atoms with Gasteiger partial charge in [0.25, 0.3) is 0 Å². The fraction of sp³-hybridized carbons (Fsp3) is 0.400. The molecular weight excluding hydrogens is 370 g/mol. The Hall–Kier alpha value is -2.47. The molecule has 0 unspecified atom stereocenters. The fourth-order valence-electron chi connectivity index (χ4n) is 4.39. The molecule has 0 aromatic heterocycles. The summed E-state index contributed by atoms with van der Waals surface area (Å²) in [5, 5.41) is 0.497. The molecule has 0 N–H and O–H groups in total. The van der Waals surface area contributed by atoms with Gasteiger partial charge in [0.15, 0.2) is 12.4 Å². The van der Waals surface area contributed by atoms with E-state index in [0.717, 1.165) is 11.3 Å². The summed E-state index contributed by atoms with van der Waals surface area (Å²) in [6, 6.07) is 5.18. The third-order valence-corrected chi connectivity index (χ3v) is 6.00. The van der Waals surface area contributed by atoms with Gasteiger partial charge in [0.05, 0.1) is 11.8 Å². The highest BCUT2D eigenvalue weighted by Gasteiger charge is 2.60. The maximum Gasteiger partial charge on any atom is 0.329 e. The van der Waals surface area contributed by atoms with Crippen LogP contribution in [0.3, 0.4) is 0 Å². The van der Waals surface area contributed by atoms with Crippen molar-refractivity contribution < 1.29 is 23.9 Å². The Morgan fingerprint density at radius 2 is 1.67 bits per heavy atom. The normalized spacial score (nSPS) is 29.2. The molecule has 1 heterocycles. The monoisotopic (exact) mass is 387 g/mol. The zero-order valence-corrected chi connectivity index (χ0v) is 15.4. The molecule has 1 aromatic carbocycles. The number of carbonyl (C=O) groups is 4. The number of ketones is 1. The van der Waals surface area contributed by atoms with Crippen LogP contribution in [0.15, 0.2) is 36.4 Å². The van der Waals surface area contributed by atoms with Crippen molar-refractivity contribution in [3.63, 3.8) is 0 Å². The van der Waals surface area contributed by atoms with Crippen molar-refractivity contribution in [2.75, 3.05) is 6.61 Å². The number of imide groups is 1. The number of fused-ring (bicyclic) bond motifs is 5. The zero-order valence-electron chi connectivity index (χ0n) is 14.6. The maximum absolute atomic E-state index is 12.7. The van der Waals surface area contributed by atoms with E-state index in [1.165, 1.54) is 6.92 Å². The lowest BCUT2D eigenvalue weighted by molar-refractivity contribution is -0.157. The highest BCUT2D eigenvalue weighted by atomic mass is 35.5. The number of nitrogens with zero attached hydrogens (tertiary/aromatic N) is 1. The van der Waals surface area contributed by atoms with Crippen molar-refractivity contribution in [2.45, 2.75) is 19.4 Å². The second-order valence-electron chi connectivity index (χ2n) is 7.26. The Labute approximate surface area is 161 Å². The minimum Gasteiger partial charge on any atom is -0.456 e. The number of hydrogen-bond acceptors (Lipinski definition) is 5. The van der Waals surface area contributed by atoms with E-state index in [9.17, 15) is 19.2 Å². The zero-order chi connectivity index (χ0) is 19.3. The van der Waals surface area contributed by atoms with Crippen molar-refractivity contribution in [1.82, 2.24) is 4.90 Å². The number of likely N-dealkylation sites (tertiary alicyclic amines) is 1. The summed E-state index contributed by atoms with van der Waals surface area (Å²) in [7, 11) is 0. The van der Waals surface area contributed by atoms with E-state index in [-0.39, 0.29) is 41.3 Å². The Morgan fingerprint density at radius 1 is 1.11 bits per heavy atom. The largest absolute Gasteiger partial charge is 0.456 e. The molecule has 0 radical (unpaired) electrons. The average Bonchev–Trinajstić information content (AvgIpc) is 3.33. The molecule has 1 saturated carbocycles. The van der Waals surface area contributed by atoms with E-state index in [1.807, 2.05) is 12.2 Å². The van der Waals surface area contributed by atoms with E-state index in [2.05, 4.69) is 0 Å². The number of esters is 1. The summed E-state index contributed by atoms with van der Waals surface area (Å²) in [4.78, 5) is 50.9. The molecule has 0 spiro atoms. The van der Waals surface area contributed by atoms with Crippen molar-refractivity contribution in [2.24, 2.45) is 23.7 Å². The number of ether oxygens (including phenoxy) is 1. The lowest BCUT2D eigenvalue weighted by Crippen LogP contribution is -2.45. The van der Waals surface area contributed by atoms with Crippen LogP contribution in [0.2, 0.25) is 5.02 Å². The van der Waals surface area contributed by atoms with Crippen LogP contribution in [0.4, 0.5) is 0 Å². The van der Waals surface area contributed by atoms with Crippen LogP contribution in [0.5, 0.6) is 0 Å². The van der Waals surface area contributed by atoms with Crippen LogP contribution in [-0.2, 0) is 19.1 Å². The number of Topliss-reactive ketones (excluding diaryl/α,β-unsaturated/α-hetero) is 1. The van der Waals surface area contributed by atoms with Gasteiger partial charge in [-0.2, -0.15) is 0 Å². The molecular formula is C20H18ClNO5. The number of halogens is 1. The highest BCUT2D eigenvalue weighted by Crippen LogP contribution is 2.52. The summed E-state index contributed by atoms with van der Waals surface area (Å²) in [6.07, 6.45) is 4.82. The summed E-state index contributed by atoms with van der Waals surface area (Å²) >= 11 is 5.78. The summed E-state index contributed by atoms with van der Waals surface area (Å²) < 4.78 is 5.07. The quantitative estimate of drug-likeness (QED) is 0.335. The number of benzene rings is 1. The van der Waals surface area contributed by atoms with Gasteiger partial charge in [0.1, 0.15) is 6.04 Å². The van der Waals surface area contributed by atoms with Gasteiger partial charge in [0, 0.05) is 10.6 Å². The minimum atomic E-state index is -1.05. The van der Waals surface area contributed by atoms with E-state index >= 15 is 0 Å². The molecule has 2 amide bonds. The molecule has 2 bridgehead atoms. The topological polar surface area (TPSA) is 80.8 Å². The Bertz CT molecular complexity index is 832. The predicted molar refractivity (Wildman–Crippen MR) is 95.8 cm³/mol. The van der Waals surface area contributed by atoms with Gasteiger partial charge < -0.3 is 4.74 Å². The Balaban J connectivity index is 1.39. The van der Waals surface area contributed by atoms with Gasteiger partial charge in [0.2, 0.25) is 11.8 Å². The number of hydrogen-bond donors (Lipinski definition) is 0. The van der Waals surface area contributed by atoms with Gasteiger partial charge in [-0.1, -0.05) is 23.8 Å². The molecule has 27 heavy (non-hydrogen) atoms. The van der Waals surface area contributed by atoms with Crippen LogP contribution in [0.25, 0.3) is 0 Å². The molecule has 1 saturated heterocycles. The minimum absolute atomic E-state index is 0.0798. The lowest BCUT2D eigenvalue weighted by atomic mass is 9.85. The third kappa shape index (κ3) is 2.88. The molecule has 4 rings (SSSR count). The van der Waals surface area contributed by atoms with Crippen LogP contribution in [-0.4, -0.2) is 41.1 Å². The number of allylic oxidation sites excluding steroid dienone is 2. The third-order valence-electron chi connectivity index (χ3n) is 5.74. The number of carbonyl (C=O) groups excluding carboxylic acids is 4. The molecule has 2 fully saturated rings. The van der Waals surface area contributed by atoms with Crippen molar-refractivity contribution in [1.29, 1.82) is 0 Å². The predicted octanol–water partition coefficient (Wildman–Crippen LogP) is 2.26. The van der Waals surface area contributed by atoms with Crippen molar-refractivity contribution in [3.8, 4) is 0 Å². The van der Waals surface area contributed by atoms with Crippen LogP contribution in [0.1, 0.15) is 23.7 Å². The Kier molecular flexibility index (Phi) is 4.38. The maximum atomic E-state index is 12.7. The van der Waals surface area contributed by atoms with Crippen LogP contribution < -0.4 is 0 Å². The number of amides is 2. The van der Waals surface area contributed by atoms with Gasteiger partial charge in [-0.15, -0.1) is 0 Å². The molecule has 140 valence electrons. The summed E-state index contributed by atoms with van der Waals surface area (Å²) in [6.45, 7) is 1.00. The summed E-state index contributed by atoms with van der Waals surface area (Å²) in [5.74, 6) is -2.33. The van der Waals surface area contributed by atoms with E-state index in [0.29, 0.717) is 10.6 Å². The molecule has 2 aliphatic carbocycles. The Morgan fingerprint density at radius 3 is 2.22 bits per heavy atom. The van der Waals surface area contributed by atoms with Crippen molar-refractivity contribution in [3.05, 3.63) is 47.0 Å². The van der Waals surface area contributed by atoms with Crippen LogP contribution >= 0.6 is 11.6 Å². The van der Waals surface area contributed by atoms with Gasteiger partial charge >= 0.3 is 5.97 Å². The molecule has 3 aliphatic rings. The standard InChI is InChI=1S/C20H18ClNO5/c1-10(20(26)27-9-15(23)11-4-6-14(21)7-5-11)22-18(24)16-12-2-3-13(8-12)17(16)19(22)25/h2-7,10,12-13,16-17H,8-9H2,1H3/t10-,12+,13+,16+,17+/m1/s1. The smallest absolute Gasteiger partial charge is 0.329 e. The van der Waals surface area contributed by atoms with Gasteiger partial charge in [-0.05, 0) is 49.4 Å². The van der Waals surface area contributed by atoms with E-state index in [1.54, 1.807) is 24.3 Å². The van der Waals surface area contributed by atoms with E-state index < -0.39 is 18.6 Å². The molecule has 7 heteroatoms. The second-order valence-corrected chi connectivity index (χ2v) is 7.70. The molecule has 5 atom stereocenters. The highest BCUT2D eigenvalue weighted by molar-refractivity contribution is 6.30. The number of rotatable bonds is 5. The van der Waals surface area contributed by atoms with Gasteiger partial charge in [-0.25, -0.2) is 4.79 Å². The van der Waals surface area contributed by atoms with E-state index in [4.69, 9.17) is 16.3 Å². The first kappa shape index (κ1) is 17.9. The SMILES string of the molecule is C[C@H](C(=O)OCC(=O)c1ccc(Cl)cc1)N1C(=O)[C@@H]2[C@@H](C1=O)[C@H]1C=C[C@H]2C1. The van der Waals surface area contributed by atoms with Gasteiger partial charge in [-0.3, -0.25) is 19.3 Å². The molecule has 1 aliphatic heterocycles. The molecule has 1 aromatic rings. The average molecular weight is 388 g/mol. The summed E-state index contributed by atoms with van der Waals surface area (Å²) in [5.41, 5.74) is 0.366.